The van der Waals surface area contributed by atoms with Gasteiger partial charge in [-0.1, -0.05) is 6.92 Å². The predicted molar refractivity (Wildman–Crippen MR) is 81.8 cm³/mol. The van der Waals surface area contributed by atoms with Crippen molar-refractivity contribution >= 4 is 17.2 Å². The Hall–Kier alpha value is -1.66. The third-order valence-corrected chi connectivity index (χ3v) is 3.88. The van der Waals surface area contributed by atoms with Crippen LogP contribution >= 0.6 is 11.3 Å². The van der Waals surface area contributed by atoms with E-state index in [4.69, 9.17) is 0 Å². The first kappa shape index (κ1) is 14.7. The van der Waals surface area contributed by atoms with Crippen LogP contribution in [0.1, 0.15) is 28.7 Å². The predicted octanol–water partition coefficient (Wildman–Crippen LogP) is 1.89. The molecule has 6 heteroatoms. The van der Waals surface area contributed by atoms with Gasteiger partial charge in [-0.15, -0.1) is 11.3 Å². The summed E-state index contributed by atoms with van der Waals surface area (Å²) in [5.74, 6) is -0.0289. The molecule has 2 aromatic heterocycles. The second-order valence-electron chi connectivity index (χ2n) is 4.54. The summed E-state index contributed by atoms with van der Waals surface area (Å²) in [5, 5.41) is 8.94. The number of nitrogens with one attached hydrogen (secondary N) is 2. The second kappa shape index (κ2) is 6.67. The minimum Gasteiger partial charge on any atom is -0.351 e. The Labute approximate surface area is 123 Å². The summed E-state index contributed by atoms with van der Waals surface area (Å²) in [6, 6.07) is 1.92. The van der Waals surface area contributed by atoms with Gasteiger partial charge in [0, 0.05) is 36.1 Å². The minimum atomic E-state index is -0.0289. The van der Waals surface area contributed by atoms with Crippen LogP contribution in [0.2, 0.25) is 0 Å². The Morgan fingerprint density at radius 3 is 2.85 bits per heavy atom. The van der Waals surface area contributed by atoms with Crippen molar-refractivity contribution in [1.82, 2.24) is 20.2 Å². The molecule has 0 aliphatic heterocycles. The number of aromatic nitrogens is 2. The number of nitrogens with zero attached hydrogens (tertiary/aromatic N) is 2. The van der Waals surface area contributed by atoms with Crippen molar-refractivity contribution in [2.45, 2.75) is 20.8 Å². The zero-order valence-corrected chi connectivity index (χ0v) is 12.9. The van der Waals surface area contributed by atoms with Crippen LogP contribution in [-0.4, -0.2) is 35.1 Å². The average molecular weight is 292 g/mol. The molecule has 2 aromatic rings. The highest BCUT2D eigenvalue weighted by atomic mass is 32.1. The molecule has 0 bridgehead atoms. The summed E-state index contributed by atoms with van der Waals surface area (Å²) in [6.45, 7) is 8.32. The van der Waals surface area contributed by atoms with Crippen LogP contribution in [0, 0.1) is 13.8 Å². The molecule has 108 valence electrons. The number of carbonyl (C=O) groups is 1. The van der Waals surface area contributed by atoms with Crippen molar-refractivity contribution in [1.29, 1.82) is 0 Å². The lowest BCUT2D eigenvalue weighted by molar-refractivity contribution is 0.0953. The van der Waals surface area contributed by atoms with Gasteiger partial charge in [0.1, 0.15) is 0 Å². The summed E-state index contributed by atoms with van der Waals surface area (Å²) >= 11 is 1.56. The molecule has 0 atom stereocenters. The lowest BCUT2D eigenvalue weighted by atomic mass is 10.2. The van der Waals surface area contributed by atoms with E-state index >= 15 is 0 Å². The van der Waals surface area contributed by atoms with E-state index in [2.05, 4.69) is 15.6 Å². The lowest BCUT2D eigenvalue weighted by Gasteiger charge is -2.07. The van der Waals surface area contributed by atoms with Crippen molar-refractivity contribution in [3.63, 3.8) is 0 Å². The van der Waals surface area contributed by atoms with E-state index in [0.29, 0.717) is 12.1 Å². The number of amides is 1. The van der Waals surface area contributed by atoms with E-state index < -0.39 is 0 Å². The van der Waals surface area contributed by atoms with Crippen LogP contribution in [0.25, 0.3) is 5.13 Å². The number of hydrogen-bond acceptors (Lipinski definition) is 4. The molecule has 2 N–H and O–H groups in total. The largest absolute Gasteiger partial charge is 0.351 e. The van der Waals surface area contributed by atoms with Crippen LogP contribution in [0.5, 0.6) is 0 Å². The van der Waals surface area contributed by atoms with Gasteiger partial charge < -0.3 is 10.6 Å². The maximum Gasteiger partial charge on any atom is 0.253 e. The molecule has 0 aromatic carbocycles. The van der Waals surface area contributed by atoms with E-state index in [1.165, 1.54) is 0 Å². The smallest absolute Gasteiger partial charge is 0.253 e. The first-order valence-electron chi connectivity index (χ1n) is 6.73. The molecule has 0 saturated carbocycles. The van der Waals surface area contributed by atoms with E-state index in [9.17, 15) is 4.79 Å². The van der Waals surface area contributed by atoms with Gasteiger partial charge in [0.05, 0.1) is 5.56 Å². The molecule has 0 unspecified atom stereocenters. The highest BCUT2D eigenvalue weighted by molar-refractivity contribution is 7.12. The van der Waals surface area contributed by atoms with Gasteiger partial charge in [0.2, 0.25) is 0 Å². The standard InChI is InChI=1S/C14H20N4OS/c1-4-15-5-6-16-13(19)12-9-10(2)18(11(12)3)14-17-7-8-20-14/h7-9,15H,4-6H2,1-3H3,(H,16,19). The normalized spacial score (nSPS) is 10.8. The van der Waals surface area contributed by atoms with Crippen LogP contribution in [-0.2, 0) is 0 Å². The van der Waals surface area contributed by atoms with Gasteiger partial charge in [0.15, 0.2) is 5.13 Å². The second-order valence-corrected chi connectivity index (χ2v) is 5.42. The highest BCUT2D eigenvalue weighted by Gasteiger charge is 2.17. The summed E-state index contributed by atoms with van der Waals surface area (Å²) < 4.78 is 2.02. The third-order valence-electron chi connectivity index (χ3n) is 3.12. The Balaban J connectivity index is 2.13. The molecule has 20 heavy (non-hydrogen) atoms. The Bertz CT molecular complexity index is 574. The number of hydrogen-bond donors (Lipinski definition) is 2. The van der Waals surface area contributed by atoms with Gasteiger partial charge in [-0.25, -0.2) is 4.98 Å². The Morgan fingerprint density at radius 1 is 1.40 bits per heavy atom. The van der Waals surface area contributed by atoms with Gasteiger partial charge in [-0.05, 0) is 26.5 Å². The Morgan fingerprint density at radius 2 is 2.20 bits per heavy atom. The molecule has 0 spiro atoms. The van der Waals surface area contributed by atoms with Gasteiger partial charge in [0.25, 0.3) is 5.91 Å². The molecule has 0 radical (unpaired) electrons. The lowest BCUT2D eigenvalue weighted by Crippen LogP contribution is -2.31. The molecule has 0 aliphatic carbocycles. The van der Waals surface area contributed by atoms with Crippen molar-refractivity contribution in [2.24, 2.45) is 0 Å². The molecule has 0 aliphatic rings. The number of likely N-dealkylation sites (N-methyl/N-ethyl adjacent to an activating group) is 1. The first-order chi connectivity index (χ1) is 9.65. The maximum atomic E-state index is 12.2. The SMILES string of the molecule is CCNCCNC(=O)c1cc(C)n(-c2nccs2)c1C. The van der Waals surface area contributed by atoms with Crippen molar-refractivity contribution < 1.29 is 4.79 Å². The van der Waals surface area contributed by atoms with E-state index in [0.717, 1.165) is 29.6 Å². The zero-order valence-electron chi connectivity index (χ0n) is 12.1. The van der Waals surface area contributed by atoms with Gasteiger partial charge >= 0.3 is 0 Å². The molecule has 2 rings (SSSR count). The zero-order chi connectivity index (χ0) is 14.5. The van der Waals surface area contributed by atoms with E-state index in [-0.39, 0.29) is 5.91 Å². The molecule has 2 heterocycles. The maximum absolute atomic E-state index is 12.2. The topological polar surface area (TPSA) is 58.9 Å². The van der Waals surface area contributed by atoms with Gasteiger partial charge in [-0.3, -0.25) is 9.36 Å². The first-order valence-corrected chi connectivity index (χ1v) is 7.60. The van der Waals surface area contributed by atoms with Crippen molar-refractivity contribution in [3.8, 4) is 5.13 Å². The third kappa shape index (κ3) is 3.08. The quantitative estimate of drug-likeness (QED) is 0.799. The fourth-order valence-corrected chi connectivity index (χ4v) is 2.90. The molecular formula is C14H20N4OS. The monoisotopic (exact) mass is 292 g/mol. The van der Waals surface area contributed by atoms with Crippen LogP contribution < -0.4 is 10.6 Å². The van der Waals surface area contributed by atoms with E-state index in [1.807, 2.05) is 36.8 Å². The van der Waals surface area contributed by atoms with Crippen molar-refractivity contribution in [2.75, 3.05) is 19.6 Å². The molecule has 0 fully saturated rings. The van der Waals surface area contributed by atoms with Crippen LogP contribution in [0.3, 0.4) is 0 Å². The van der Waals surface area contributed by atoms with Crippen molar-refractivity contribution in [3.05, 3.63) is 34.6 Å². The molecular weight excluding hydrogens is 272 g/mol. The molecule has 0 saturated heterocycles. The summed E-state index contributed by atoms with van der Waals surface area (Å²) in [7, 11) is 0. The van der Waals surface area contributed by atoms with Gasteiger partial charge in [-0.2, -0.15) is 0 Å². The van der Waals surface area contributed by atoms with E-state index in [1.54, 1.807) is 17.5 Å². The molecule has 1 amide bonds. The van der Waals surface area contributed by atoms with Crippen LogP contribution in [0.15, 0.2) is 17.6 Å². The number of carbonyl (C=O) groups excluding carboxylic acids is 1. The summed E-state index contributed by atoms with van der Waals surface area (Å²) in [5.41, 5.74) is 2.67. The number of aryl methyl sites for hydroxylation is 1. The fraction of sp³-hybridized carbons (Fsp3) is 0.429. The van der Waals surface area contributed by atoms with Crippen LogP contribution in [0.4, 0.5) is 0 Å². The summed E-state index contributed by atoms with van der Waals surface area (Å²) in [4.78, 5) is 16.5. The minimum absolute atomic E-state index is 0.0289. The summed E-state index contributed by atoms with van der Waals surface area (Å²) in [6.07, 6.45) is 1.77. The Kier molecular flexibility index (Phi) is 4.92. The number of thiazole rings is 1. The number of rotatable bonds is 6. The highest BCUT2D eigenvalue weighted by Crippen LogP contribution is 2.22. The fourth-order valence-electron chi connectivity index (χ4n) is 2.15. The molecule has 5 nitrogen and oxygen atoms in total. The average Bonchev–Trinajstić information content (AvgIpc) is 3.03.